The number of para-hydroxylation sites is 1. The summed E-state index contributed by atoms with van der Waals surface area (Å²) in [6.45, 7) is 6.88. The Labute approximate surface area is 170 Å². The Morgan fingerprint density at radius 2 is 1.82 bits per heavy atom. The van der Waals surface area contributed by atoms with E-state index in [1.165, 1.54) is 0 Å². The maximum absolute atomic E-state index is 13.0. The minimum atomic E-state index is -0.177. The van der Waals surface area contributed by atoms with Gasteiger partial charge in [-0.3, -0.25) is 4.79 Å². The van der Waals surface area contributed by atoms with E-state index in [9.17, 15) is 4.79 Å². The molecule has 1 aliphatic heterocycles. The van der Waals surface area contributed by atoms with Crippen LogP contribution < -0.4 is 4.90 Å². The van der Waals surface area contributed by atoms with Crippen LogP contribution in [0.3, 0.4) is 0 Å². The molecule has 6 heteroatoms. The molecule has 1 atom stereocenters. The van der Waals surface area contributed by atoms with Gasteiger partial charge in [-0.1, -0.05) is 29.8 Å². The van der Waals surface area contributed by atoms with Crippen molar-refractivity contribution in [3.63, 3.8) is 0 Å². The lowest BCUT2D eigenvalue weighted by Gasteiger charge is -2.37. The summed E-state index contributed by atoms with van der Waals surface area (Å²) < 4.78 is 0. The summed E-state index contributed by atoms with van der Waals surface area (Å²) in [5, 5.41) is 1.75. The average Bonchev–Trinajstić information content (AvgIpc) is 2.72. The fraction of sp³-hybridized carbons (Fsp3) is 0.318. The van der Waals surface area contributed by atoms with E-state index in [2.05, 4.69) is 14.9 Å². The molecule has 1 aromatic heterocycles. The van der Waals surface area contributed by atoms with Crippen LogP contribution in [-0.4, -0.2) is 47.0 Å². The number of nitrogens with zero attached hydrogens (tertiary/aromatic N) is 4. The summed E-state index contributed by atoms with van der Waals surface area (Å²) in [4.78, 5) is 26.1. The molecule has 2 aromatic carbocycles. The van der Waals surface area contributed by atoms with Gasteiger partial charge in [-0.25, -0.2) is 9.97 Å². The number of amides is 1. The SMILES string of the molecule is Cc1cc(Cl)ccc1C(C)C(=O)N1CCN(c2ncnc3ccccc23)CC1. The first kappa shape index (κ1) is 18.7. The van der Waals surface area contributed by atoms with Gasteiger partial charge in [-0.2, -0.15) is 0 Å². The highest BCUT2D eigenvalue weighted by molar-refractivity contribution is 6.30. The fourth-order valence-corrected chi connectivity index (χ4v) is 4.14. The molecule has 1 saturated heterocycles. The molecule has 2 heterocycles. The first-order chi connectivity index (χ1) is 13.5. The number of carbonyl (C=O) groups excluding carboxylic acids is 1. The number of carbonyl (C=O) groups is 1. The van der Waals surface area contributed by atoms with Crippen LogP contribution in [0, 0.1) is 6.92 Å². The Morgan fingerprint density at radius 3 is 2.57 bits per heavy atom. The molecule has 0 radical (unpaired) electrons. The molecule has 4 rings (SSSR count). The first-order valence-electron chi connectivity index (χ1n) is 9.54. The largest absolute Gasteiger partial charge is 0.352 e. The van der Waals surface area contributed by atoms with Crippen molar-refractivity contribution in [3.05, 3.63) is 64.9 Å². The third-order valence-electron chi connectivity index (χ3n) is 5.48. The van der Waals surface area contributed by atoms with Crippen LogP contribution >= 0.6 is 11.6 Å². The maximum atomic E-state index is 13.0. The summed E-state index contributed by atoms with van der Waals surface area (Å²) in [6.07, 6.45) is 1.61. The van der Waals surface area contributed by atoms with Crippen molar-refractivity contribution < 1.29 is 4.79 Å². The molecule has 0 N–H and O–H groups in total. The summed E-state index contributed by atoms with van der Waals surface area (Å²) in [6, 6.07) is 13.8. The number of benzene rings is 2. The van der Waals surface area contributed by atoms with Gasteiger partial charge in [0.2, 0.25) is 5.91 Å². The van der Waals surface area contributed by atoms with Gasteiger partial charge < -0.3 is 9.80 Å². The predicted octanol–water partition coefficient (Wildman–Crippen LogP) is 4.04. The molecule has 28 heavy (non-hydrogen) atoms. The highest BCUT2D eigenvalue weighted by Crippen LogP contribution is 2.27. The molecule has 1 amide bonds. The number of hydrogen-bond acceptors (Lipinski definition) is 4. The molecule has 144 valence electrons. The van der Waals surface area contributed by atoms with E-state index < -0.39 is 0 Å². The molecule has 5 nitrogen and oxygen atoms in total. The minimum Gasteiger partial charge on any atom is -0.352 e. The Hall–Kier alpha value is -2.66. The number of aromatic nitrogens is 2. The number of hydrogen-bond donors (Lipinski definition) is 0. The molecule has 1 unspecified atom stereocenters. The Bertz CT molecular complexity index is 1010. The number of aryl methyl sites for hydroxylation is 1. The second kappa shape index (κ2) is 7.76. The van der Waals surface area contributed by atoms with Crippen LogP contribution in [0.15, 0.2) is 48.8 Å². The van der Waals surface area contributed by atoms with Crippen LogP contribution in [0.5, 0.6) is 0 Å². The van der Waals surface area contributed by atoms with Gasteiger partial charge in [-0.15, -0.1) is 0 Å². The quantitative estimate of drug-likeness (QED) is 0.672. The van der Waals surface area contributed by atoms with Gasteiger partial charge in [-0.05, 0) is 49.2 Å². The van der Waals surface area contributed by atoms with Crippen molar-refractivity contribution in [1.82, 2.24) is 14.9 Å². The first-order valence-corrected chi connectivity index (χ1v) is 9.92. The zero-order valence-electron chi connectivity index (χ0n) is 16.1. The molecule has 3 aromatic rings. The number of anilines is 1. The Morgan fingerprint density at radius 1 is 1.07 bits per heavy atom. The van der Waals surface area contributed by atoms with Crippen LogP contribution in [-0.2, 0) is 4.79 Å². The summed E-state index contributed by atoms with van der Waals surface area (Å²) in [7, 11) is 0. The molecule has 1 aliphatic rings. The molecule has 0 saturated carbocycles. The smallest absolute Gasteiger partial charge is 0.229 e. The van der Waals surface area contributed by atoms with E-state index in [-0.39, 0.29) is 11.8 Å². The maximum Gasteiger partial charge on any atom is 0.229 e. The summed E-state index contributed by atoms with van der Waals surface area (Å²) in [5.74, 6) is 0.931. The lowest BCUT2D eigenvalue weighted by molar-refractivity contribution is -0.132. The zero-order valence-corrected chi connectivity index (χ0v) is 16.9. The normalized spacial score (nSPS) is 15.7. The van der Waals surface area contributed by atoms with Gasteiger partial charge in [0, 0.05) is 36.6 Å². The Kier molecular flexibility index (Phi) is 5.18. The lowest BCUT2D eigenvalue weighted by atomic mass is 9.95. The second-order valence-corrected chi connectivity index (χ2v) is 7.69. The van der Waals surface area contributed by atoms with E-state index in [0.717, 1.165) is 40.9 Å². The number of halogens is 1. The van der Waals surface area contributed by atoms with Crippen LogP contribution in [0.4, 0.5) is 5.82 Å². The average molecular weight is 395 g/mol. The minimum absolute atomic E-state index is 0.164. The van der Waals surface area contributed by atoms with Gasteiger partial charge in [0.25, 0.3) is 0 Å². The van der Waals surface area contributed by atoms with Crippen molar-refractivity contribution in [1.29, 1.82) is 0 Å². The van der Waals surface area contributed by atoms with Crippen molar-refractivity contribution in [2.24, 2.45) is 0 Å². The monoisotopic (exact) mass is 394 g/mol. The number of piperazine rings is 1. The predicted molar refractivity (Wildman–Crippen MR) is 113 cm³/mol. The van der Waals surface area contributed by atoms with Gasteiger partial charge in [0.15, 0.2) is 0 Å². The van der Waals surface area contributed by atoms with Crippen LogP contribution in [0.2, 0.25) is 5.02 Å². The zero-order chi connectivity index (χ0) is 19.7. The molecular formula is C22H23ClN4O. The fourth-order valence-electron chi connectivity index (χ4n) is 3.91. The van der Waals surface area contributed by atoms with Crippen molar-refractivity contribution in [3.8, 4) is 0 Å². The number of fused-ring (bicyclic) bond motifs is 1. The van der Waals surface area contributed by atoms with Crippen molar-refractivity contribution in [2.45, 2.75) is 19.8 Å². The van der Waals surface area contributed by atoms with Gasteiger partial charge in [0.1, 0.15) is 12.1 Å². The molecular weight excluding hydrogens is 372 g/mol. The van der Waals surface area contributed by atoms with Gasteiger partial charge >= 0.3 is 0 Å². The van der Waals surface area contributed by atoms with Gasteiger partial charge in [0.05, 0.1) is 11.4 Å². The summed E-state index contributed by atoms with van der Waals surface area (Å²) >= 11 is 6.05. The topological polar surface area (TPSA) is 49.3 Å². The highest BCUT2D eigenvalue weighted by Gasteiger charge is 2.27. The van der Waals surface area contributed by atoms with Crippen molar-refractivity contribution in [2.75, 3.05) is 31.1 Å². The lowest BCUT2D eigenvalue weighted by Crippen LogP contribution is -2.50. The second-order valence-electron chi connectivity index (χ2n) is 7.25. The van der Waals surface area contributed by atoms with Crippen molar-refractivity contribution >= 4 is 34.2 Å². The van der Waals surface area contributed by atoms with Crippen LogP contribution in [0.1, 0.15) is 24.0 Å². The Balaban J connectivity index is 1.47. The van der Waals surface area contributed by atoms with E-state index in [4.69, 9.17) is 11.6 Å². The molecule has 1 fully saturated rings. The third kappa shape index (κ3) is 3.54. The molecule has 0 spiro atoms. The van der Waals surface area contributed by atoms with Crippen LogP contribution in [0.25, 0.3) is 10.9 Å². The summed E-state index contributed by atoms with van der Waals surface area (Å²) in [5.41, 5.74) is 3.04. The van der Waals surface area contributed by atoms with E-state index in [1.807, 2.05) is 61.2 Å². The molecule has 0 aliphatic carbocycles. The highest BCUT2D eigenvalue weighted by atomic mass is 35.5. The number of rotatable bonds is 3. The third-order valence-corrected chi connectivity index (χ3v) is 5.72. The standard InChI is InChI=1S/C22H23ClN4O/c1-15-13-17(23)7-8-18(15)16(2)22(28)27-11-9-26(10-12-27)21-19-5-3-4-6-20(19)24-14-25-21/h3-8,13-14,16H,9-12H2,1-2H3. The van der Waals surface area contributed by atoms with E-state index in [1.54, 1.807) is 6.33 Å². The van der Waals surface area contributed by atoms with E-state index >= 15 is 0 Å². The van der Waals surface area contributed by atoms with E-state index in [0.29, 0.717) is 18.1 Å². The molecule has 0 bridgehead atoms.